The Kier molecular flexibility index (Phi) is 4.46. The van der Waals surface area contributed by atoms with Crippen molar-refractivity contribution >= 4 is 17.4 Å². The average Bonchev–Trinajstić information content (AvgIpc) is 2.88. The molecule has 1 saturated heterocycles. The Morgan fingerprint density at radius 3 is 3.00 bits per heavy atom. The SMILES string of the molecule is CNCC(=O)N1CCC(Nc2ccc([N+](=O)[O-])cn2)C1. The van der Waals surface area contributed by atoms with Crippen LogP contribution < -0.4 is 10.6 Å². The van der Waals surface area contributed by atoms with Crippen LogP contribution in [0.3, 0.4) is 0 Å². The summed E-state index contributed by atoms with van der Waals surface area (Å²) in [5.41, 5.74) is -0.0344. The monoisotopic (exact) mass is 279 g/mol. The lowest BCUT2D eigenvalue weighted by Gasteiger charge is -2.17. The smallest absolute Gasteiger partial charge is 0.287 e. The van der Waals surface area contributed by atoms with E-state index in [0.29, 0.717) is 25.5 Å². The highest BCUT2D eigenvalue weighted by molar-refractivity contribution is 5.78. The molecule has 108 valence electrons. The van der Waals surface area contributed by atoms with E-state index >= 15 is 0 Å². The van der Waals surface area contributed by atoms with E-state index in [1.807, 2.05) is 0 Å². The molecule has 8 nitrogen and oxygen atoms in total. The van der Waals surface area contributed by atoms with Gasteiger partial charge in [0.15, 0.2) is 0 Å². The highest BCUT2D eigenvalue weighted by Gasteiger charge is 2.25. The maximum Gasteiger partial charge on any atom is 0.287 e. The fourth-order valence-electron chi connectivity index (χ4n) is 2.16. The number of carbonyl (C=O) groups is 1. The van der Waals surface area contributed by atoms with Crippen LogP contribution in [-0.2, 0) is 4.79 Å². The summed E-state index contributed by atoms with van der Waals surface area (Å²) in [6, 6.07) is 3.12. The first-order valence-corrected chi connectivity index (χ1v) is 6.39. The number of likely N-dealkylation sites (N-methyl/N-ethyl adjacent to an activating group) is 1. The third-order valence-corrected chi connectivity index (χ3v) is 3.18. The van der Waals surface area contributed by atoms with Gasteiger partial charge in [0.2, 0.25) is 5.91 Å². The second-order valence-electron chi connectivity index (χ2n) is 4.66. The average molecular weight is 279 g/mol. The fourth-order valence-corrected chi connectivity index (χ4v) is 2.16. The Labute approximate surface area is 116 Å². The number of hydrogen-bond donors (Lipinski definition) is 2. The van der Waals surface area contributed by atoms with Gasteiger partial charge in [0.1, 0.15) is 12.0 Å². The van der Waals surface area contributed by atoms with Gasteiger partial charge in [-0.1, -0.05) is 0 Å². The predicted octanol–water partition coefficient (Wildman–Crippen LogP) is 0.222. The molecule has 1 aromatic rings. The molecule has 1 aliphatic rings. The van der Waals surface area contributed by atoms with E-state index in [0.717, 1.165) is 6.42 Å². The molecule has 2 N–H and O–H groups in total. The minimum Gasteiger partial charge on any atom is -0.365 e. The number of rotatable bonds is 5. The number of nitrogens with one attached hydrogen (secondary N) is 2. The molecule has 1 unspecified atom stereocenters. The van der Waals surface area contributed by atoms with E-state index in [1.54, 1.807) is 18.0 Å². The maximum atomic E-state index is 11.7. The topological polar surface area (TPSA) is 100 Å². The van der Waals surface area contributed by atoms with Crippen LogP contribution in [0.15, 0.2) is 18.3 Å². The number of amides is 1. The van der Waals surface area contributed by atoms with Crippen molar-refractivity contribution in [2.45, 2.75) is 12.5 Å². The lowest BCUT2D eigenvalue weighted by atomic mass is 10.2. The van der Waals surface area contributed by atoms with Gasteiger partial charge in [0.05, 0.1) is 11.5 Å². The molecule has 0 aromatic carbocycles. The zero-order valence-corrected chi connectivity index (χ0v) is 11.2. The van der Waals surface area contributed by atoms with E-state index in [2.05, 4.69) is 15.6 Å². The van der Waals surface area contributed by atoms with Crippen molar-refractivity contribution in [1.29, 1.82) is 0 Å². The van der Waals surface area contributed by atoms with Gasteiger partial charge in [-0.2, -0.15) is 0 Å². The third-order valence-electron chi connectivity index (χ3n) is 3.18. The van der Waals surface area contributed by atoms with Crippen LogP contribution in [0.1, 0.15) is 6.42 Å². The van der Waals surface area contributed by atoms with Gasteiger partial charge in [-0.15, -0.1) is 0 Å². The predicted molar refractivity (Wildman–Crippen MR) is 73.4 cm³/mol. The lowest BCUT2D eigenvalue weighted by molar-refractivity contribution is -0.385. The third kappa shape index (κ3) is 3.41. The fraction of sp³-hybridized carbons (Fsp3) is 0.500. The second kappa shape index (κ2) is 6.29. The summed E-state index contributed by atoms with van der Waals surface area (Å²) < 4.78 is 0. The Balaban J connectivity index is 1.88. The minimum atomic E-state index is -0.482. The number of anilines is 1. The second-order valence-corrected chi connectivity index (χ2v) is 4.66. The van der Waals surface area contributed by atoms with Gasteiger partial charge >= 0.3 is 0 Å². The number of nitro groups is 1. The van der Waals surface area contributed by atoms with E-state index in [4.69, 9.17) is 0 Å². The van der Waals surface area contributed by atoms with Gasteiger partial charge < -0.3 is 15.5 Å². The van der Waals surface area contributed by atoms with Crippen LogP contribution >= 0.6 is 0 Å². The molecule has 0 bridgehead atoms. The molecule has 2 heterocycles. The van der Waals surface area contributed by atoms with E-state index in [1.165, 1.54) is 12.3 Å². The van der Waals surface area contributed by atoms with Crippen molar-refractivity contribution in [1.82, 2.24) is 15.2 Å². The van der Waals surface area contributed by atoms with Gasteiger partial charge in [-0.05, 0) is 19.5 Å². The van der Waals surface area contributed by atoms with Crippen molar-refractivity contribution in [2.24, 2.45) is 0 Å². The Morgan fingerprint density at radius 2 is 2.40 bits per heavy atom. The van der Waals surface area contributed by atoms with E-state index in [-0.39, 0.29) is 17.6 Å². The summed E-state index contributed by atoms with van der Waals surface area (Å²) >= 11 is 0. The van der Waals surface area contributed by atoms with Crippen molar-refractivity contribution in [3.8, 4) is 0 Å². The van der Waals surface area contributed by atoms with Crippen molar-refractivity contribution in [3.05, 3.63) is 28.4 Å². The molecule has 2 rings (SSSR count). The highest BCUT2D eigenvalue weighted by atomic mass is 16.6. The molecule has 0 spiro atoms. The first-order chi connectivity index (χ1) is 9.60. The van der Waals surface area contributed by atoms with Crippen molar-refractivity contribution < 1.29 is 9.72 Å². The molecular formula is C12H17N5O3. The molecule has 0 saturated carbocycles. The van der Waals surface area contributed by atoms with Gasteiger partial charge in [0.25, 0.3) is 5.69 Å². The highest BCUT2D eigenvalue weighted by Crippen LogP contribution is 2.16. The van der Waals surface area contributed by atoms with Crippen LogP contribution in [-0.4, -0.2) is 53.4 Å². The van der Waals surface area contributed by atoms with Crippen LogP contribution in [0.2, 0.25) is 0 Å². The summed E-state index contributed by atoms with van der Waals surface area (Å²) in [6.45, 7) is 1.67. The first kappa shape index (κ1) is 14.2. The quantitative estimate of drug-likeness (QED) is 0.591. The first-order valence-electron chi connectivity index (χ1n) is 6.39. The van der Waals surface area contributed by atoms with E-state index < -0.39 is 4.92 Å². The molecule has 8 heteroatoms. The summed E-state index contributed by atoms with van der Waals surface area (Å²) in [4.78, 5) is 27.5. The summed E-state index contributed by atoms with van der Waals surface area (Å²) in [7, 11) is 1.74. The van der Waals surface area contributed by atoms with Crippen LogP contribution in [0.4, 0.5) is 11.5 Å². The molecule has 1 aliphatic heterocycles. The van der Waals surface area contributed by atoms with E-state index in [9.17, 15) is 14.9 Å². The normalized spacial score (nSPS) is 18.1. The standard InChI is InChI=1S/C12H17N5O3/c1-13-7-12(18)16-5-4-9(8-16)15-11-3-2-10(6-14-11)17(19)20/h2-3,6,9,13H,4-5,7-8H2,1H3,(H,14,15). The molecular weight excluding hydrogens is 262 g/mol. The lowest BCUT2D eigenvalue weighted by Crippen LogP contribution is -2.37. The molecule has 0 aliphatic carbocycles. The summed E-state index contributed by atoms with van der Waals surface area (Å²) in [6.07, 6.45) is 2.06. The molecule has 1 fully saturated rings. The maximum absolute atomic E-state index is 11.7. The van der Waals surface area contributed by atoms with Gasteiger partial charge in [0, 0.05) is 25.2 Å². The van der Waals surface area contributed by atoms with Crippen LogP contribution in [0.25, 0.3) is 0 Å². The van der Waals surface area contributed by atoms with Gasteiger partial charge in [-0.25, -0.2) is 4.98 Å². The molecule has 1 amide bonds. The zero-order valence-electron chi connectivity index (χ0n) is 11.2. The number of pyridine rings is 1. The van der Waals surface area contributed by atoms with Crippen LogP contribution in [0, 0.1) is 10.1 Å². The van der Waals surface area contributed by atoms with Gasteiger partial charge in [-0.3, -0.25) is 14.9 Å². The summed E-state index contributed by atoms with van der Waals surface area (Å²) in [5.74, 6) is 0.664. The molecule has 0 radical (unpaired) electrons. The number of carbonyl (C=O) groups excluding carboxylic acids is 1. The Morgan fingerprint density at radius 1 is 1.60 bits per heavy atom. The molecule has 1 aromatic heterocycles. The zero-order chi connectivity index (χ0) is 14.5. The Hall–Kier alpha value is -2.22. The number of hydrogen-bond acceptors (Lipinski definition) is 6. The van der Waals surface area contributed by atoms with Crippen molar-refractivity contribution in [2.75, 3.05) is 32.0 Å². The number of nitrogens with zero attached hydrogens (tertiary/aromatic N) is 3. The van der Waals surface area contributed by atoms with Crippen molar-refractivity contribution in [3.63, 3.8) is 0 Å². The molecule has 1 atom stereocenters. The number of likely N-dealkylation sites (tertiary alicyclic amines) is 1. The molecule has 20 heavy (non-hydrogen) atoms. The Bertz CT molecular complexity index is 490. The summed E-state index contributed by atoms with van der Waals surface area (Å²) in [5, 5.41) is 16.6. The minimum absolute atomic E-state index is 0.0344. The number of aromatic nitrogens is 1. The van der Waals surface area contributed by atoms with Crippen LogP contribution in [0.5, 0.6) is 0 Å². The largest absolute Gasteiger partial charge is 0.365 e.